The lowest BCUT2D eigenvalue weighted by atomic mass is 10.1. The van der Waals surface area contributed by atoms with E-state index in [2.05, 4.69) is 0 Å². The molecule has 8 heteroatoms. The third kappa shape index (κ3) is 3.49. The van der Waals surface area contributed by atoms with Crippen LogP contribution in [0.25, 0.3) is 11.0 Å². The molecule has 1 aliphatic rings. The predicted octanol–water partition coefficient (Wildman–Crippen LogP) is 2.99. The van der Waals surface area contributed by atoms with Crippen LogP contribution in [-0.4, -0.2) is 36.8 Å². The van der Waals surface area contributed by atoms with Crippen molar-refractivity contribution in [3.63, 3.8) is 0 Å². The molecule has 0 radical (unpaired) electrons. The third-order valence-corrected chi connectivity index (χ3v) is 7.86. The standard InChI is InChI=1S/C20H19NO5S2/c1-13-6-8-27-18(13)10-21(14-7-9-28(24,25)12-14)20(23)16-11-26-17-5-3-2-4-15(17)19(16)22/h2-6,8,11,14H,7,9-10,12H2,1H3/t14-/m0/s1. The Kier molecular flexibility index (Phi) is 4.84. The van der Waals surface area contributed by atoms with Crippen molar-refractivity contribution in [1.29, 1.82) is 0 Å². The number of nitrogens with zero attached hydrogens (tertiary/aromatic N) is 1. The first-order valence-electron chi connectivity index (χ1n) is 8.90. The summed E-state index contributed by atoms with van der Waals surface area (Å²) in [6.45, 7) is 2.22. The largest absolute Gasteiger partial charge is 0.463 e. The maximum absolute atomic E-state index is 13.3. The summed E-state index contributed by atoms with van der Waals surface area (Å²) in [6.07, 6.45) is 1.56. The fourth-order valence-corrected chi connectivity index (χ4v) is 6.12. The van der Waals surface area contributed by atoms with Gasteiger partial charge in [0.2, 0.25) is 5.43 Å². The minimum Gasteiger partial charge on any atom is -0.463 e. The van der Waals surface area contributed by atoms with E-state index in [-0.39, 0.29) is 23.6 Å². The molecule has 0 bridgehead atoms. The van der Waals surface area contributed by atoms with E-state index < -0.39 is 27.2 Å². The highest BCUT2D eigenvalue weighted by atomic mass is 32.2. The minimum atomic E-state index is -3.18. The van der Waals surface area contributed by atoms with Crippen LogP contribution in [0, 0.1) is 6.92 Å². The second kappa shape index (κ2) is 7.18. The first kappa shape index (κ1) is 18.9. The molecule has 0 saturated carbocycles. The number of sulfone groups is 1. The van der Waals surface area contributed by atoms with Crippen LogP contribution in [0.15, 0.2) is 51.2 Å². The zero-order valence-electron chi connectivity index (χ0n) is 15.3. The fourth-order valence-electron chi connectivity index (χ4n) is 3.49. The van der Waals surface area contributed by atoms with Crippen LogP contribution in [0.1, 0.15) is 27.2 Å². The SMILES string of the molecule is Cc1ccsc1CN(C(=O)c1coc2ccccc2c1=O)[C@H]1CCS(=O)(=O)C1. The maximum Gasteiger partial charge on any atom is 0.261 e. The van der Waals surface area contributed by atoms with Gasteiger partial charge < -0.3 is 9.32 Å². The highest BCUT2D eigenvalue weighted by Gasteiger charge is 2.36. The lowest BCUT2D eigenvalue weighted by Gasteiger charge is -2.28. The Morgan fingerprint density at radius 3 is 2.75 bits per heavy atom. The van der Waals surface area contributed by atoms with Crippen LogP contribution < -0.4 is 5.43 Å². The summed E-state index contributed by atoms with van der Waals surface area (Å²) in [6, 6.07) is 8.25. The number of aryl methyl sites for hydroxylation is 1. The van der Waals surface area contributed by atoms with Crippen molar-refractivity contribution < 1.29 is 17.6 Å². The van der Waals surface area contributed by atoms with E-state index in [0.29, 0.717) is 17.4 Å². The lowest BCUT2D eigenvalue weighted by Crippen LogP contribution is -2.42. The van der Waals surface area contributed by atoms with Crippen molar-refractivity contribution in [3.8, 4) is 0 Å². The molecule has 1 aromatic carbocycles. The fraction of sp³-hybridized carbons (Fsp3) is 0.300. The van der Waals surface area contributed by atoms with E-state index in [0.717, 1.165) is 10.4 Å². The van der Waals surface area contributed by atoms with Crippen LogP contribution in [-0.2, 0) is 16.4 Å². The van der Waals surface area contributed by atoms with Crippen LogP contribution in [0.4, 0.5) is 0 Å². The monoisotopic (exact) mass is 417 g/mol. The zero-order valence-corrected chi connectivity index (χ0v) is 16.9. The number of rotatable bonds is 4. The Morgan fingerprint density at radius 2 is 2.07 bits per heavy atom. The summed E-state index contributed by atoms with van der Waals surface area (Å²) in [5.41, 5.74) is 0.972. The average molecular weight is 418 g/mol. The molecule has 3 aromatic rings. The predicted molar refractivity (Wildman–Crippen MR) is 108 cm³/mol. The number of hydrogen-bond donors (Lipinski definition) is 0. The molecule has 0 N–H and O–H groups in total. The van der Waals surface area contributed by atoms with Gasteiger partial charge in [0.05, 0.1) is 23.4 Å². The number of hydrogen-bond acceptors (Lipinski definition) is 6. The highest BCUT2D eigenvalue weighted by Crippen LogP contribution is 2.25. The number of thiophene rings is 1. The Morgan fingerprint density at radius 1 is 1.29 bits per heavy atom. The van der Waals surface area contributed by atoms with Gasteiger partial charge in [0, 0.05) is 10.9 Å². The van der Waals surface area contributed by atoms with E-state index in [9.17, 15) is 18.0 Å². The summed E-state index contributed by atoms with van der Waals surface area (Å²) in [4.78, 5) is 28.7. The Bertz CT molecular complexity index is 1210. The third-order valence-electron chi connectivity index (χ3n) is 5.10. The highest BCUT2D eigenvalue weighted by molar-refractivity contribution is 7.91. The van der Waals surface area contributed by atoms with Gasteiger partial charge in [-0.3, -0.25) is 9.59 Å². The first-order chi connectivity index (χ1) is 13.4. The topological polar surface area (TPSA) is 84.7 Å². The second-order valence-electron chi connectivity index (χ2n) is 6.99. The number of para-hydroxylation sites is 1. The number of benzene rings is 1. The Balaban J connectivity index is 1.75. The number of fused-ring (bicyclic) bond motifs is 1. The summed E-state index contributed by atoms with van der Waals surface area (Å²) < 4.78 is 29.5. The molecule has 28 heavy (non-hydrogen) atoms. The van der Waals surface area contributed by atoms with E-state index >= 15 is 0 Å². The molecular formula is C20H19NO5S2. The van der Waals surface area contributed by atoms with Gasteiger partial charge in [-0.1, -0.05) is 12.1 Å². The van der Waals surface area contributed by atoms with Crippen LogP contribution >= 0.6 is 11.3 Å². The molecule has 146 valence electrons. The Hall–Kier alpha value is -2.45. The molecule has 1 amide bonds. The molecule has 6 nitrogen and oxygen atoms in total. The number of carbonyl (C=O) groups is 1. The molecule has 1 saturated heterocycles. The number of carbonyl (C=O) groups excluding carboxylic acids is 1. The molecule has 1 aliphatic heterocycles. The van der Waals surface area contributed by atoms with Crippen LogP contribution in [0.3, 0.4) is 0 Å². The second-order valence-corrected chi connectivity index (χ2v) is 10.2. The van der Waals surface area contributed by atoms with Gasteiger partial charge in [-0.05, 0) is 42.5 Å². The van der Waals surface area contributed by atoms with Gasteiger partial charge in [0.15, 0.2) is 9.84 Å². The minimum absolute atomic E-state index is 0.0528. The van der Waals surface area contributed by atoms with Crippen molar-refractivity contribution in [2.24, 2.45) is 0 Å². The van der Waals surface area contributed by atoms with Gasteiger partial charge >= 0.3 is 0 Å². The average Bonchev–Trinajstić information content (AvgIpc) is 3.24. The molecule has 0 aliphatic carbocycles. The molecule has 0 unspecified atom stereocenters. The molecule has 2 aromatic heterocycles. The summed E-state index contributed by atoms with van der Waals surface area (Å²) >= 11 is 1.51. The summed E-state index contributed by atoms with van der Waals surface area (Å²) in [5.74, 6) is -0.520. The van der Waals surface area contributed by atoms with Gasteiger partial charge in [-0.2, -0.15) is 0 Å². The molecular weight excluding hydrogens is 398 g/mol. The normalized spacial score (nSPS) is 18.4. The zero-order chi connectivity index (χ0) is 19.9. The van der Waals surface area contributed by atoms with Crippen molar-refractivity contribution in [1.82, 2.24) is 4.90 Å². The van der Waals surface area contributed by atoms with E-state index in [1.807, 2.05) is 18.4 Å². The van der Waals surface area contributed by atoms with Crippen molar-refractivity contribution >= 4 is 38.1 Å². The quantitative estimate of drug-likeness (QED) is 0.652. The Labute approximate surface area is 166 Å². The van der Waals surface area contributed by atoms with Crippen molar-refractivity contribution in [2.75, 3.05) is 11.5 Å². The van der Waals surface area contributed by atoms with Gasteiger partial charge in [0.25, 0.3) is 5.91 Å². The van der Waals surface area contributed by atoms with E-state index in [1.165, 1.54) is 22.5 Å². The van der Waals surface area contributed by atoms with Gasteiger partial charge in [-0.15, -0.1) is 11.3 Å². The van der Waals surface area contributed by atoms with Gasteiger partial charge in [0.1, 0.15) is 17.4 Å². The van der Waals surface area contributed by atoms with Crippen molar-refractivity contribution in [3.05, 3.63) is 68.2 Å². The summed E-state index contributed by atoms with van der Waals surface area (Å²) in [5, 5.41) is 2.27. The van der Waals surface area contributed by atoms with Crippen LogP contribution in [0.5, 0.6) is 0 Å². The van der Waals surface area contributed by atoms with Crippen LogP contribution in [0.2, 0.25) is 0 Å². The molecule has 1 fully saturated rings. The smallest absolute Gasteiger partial charge is 0.261 e. The molecule has 3 heterocycles. The maximum atomic E-state index is 13.3. The lowest BCUT2D eigenvalue weighted by molar-refractivity contribution is 0.0679. The van der Waals surface area contributed by atoms with Gasteiger partial charge in [-0.25, -0.2) is 8.42 Å². The molecule has 4 rings (SSSR count). The summed E-state index contributed by atoms with van der Waals surface area (Å²) in [7, 11) is -3.18. The molecule has 0 spiro atoms. The van der Waals surface area contributed by atoms with E-state index in [4.69, 9.17) is 4.42 Å². The number of amides is 1. The van der Waals surface area contributed by atoms with Crippen molar-refractivity contribution in [2.45, 2.75) is 25.9 Å². The molecule has 1 atom stereocenters. The first-order valence-corrected chi connectivity index (χ1v) is 11.6. The van der Waals surface area contributed by atoms with E-state index in [1.54, 1.807) is 24.3 Å².